The summed E-state index contributed by atoms with van der Waals surface area (Å²) in [5.74, 6) is -1.25. The molecule has 0 aromatic heterocycles. The molecule has 1 atom stereocenters. The van der Waals surface area contributed by atoms with Crippen molar-refractivity contribution in [3.05, 3.63) is 54.1 Å². The second-order valence-electron chi connectivity index (χ2n) is 3.98. The largest absolute Gasteiger partial charge is 0.479 e. The zero-order valence-corrected chi connectivity index (χ0v) is 9.58. The van der Waals surface area contributed by atoms with Crippen LogP contribution in [0, 0.1) is 0 Å². The van der Waals surface area contributed by atoms with Gasteiger partial charge >= 0.3 is 5.97 Å². The number of aliphatic hydroxyl groups excluding tert-OH is 1. The minimum Gasteiger partial charge on any atom is -0.479 e. The number of aliphatic hydroxyl groups is 1. The Morgan fingerprint density at radius 3 is 1.83 bits per heavy atom. The van der Waals surface area contributed by atoms with Crippen LogP contribution in [0.25, 0.3) is 11.1 Å². The third-order valence-corrected chi connectivity index (χ3v) is 2.70. The Balaban J connectivity index is 2.27. The fraction of sp³-hybridized carbons (Fsp3) is 0.0714. The second-order valence-corrected chi connectivity index (χ2v) is 3.98. The molecule has 0 fully saturated rings. The summed E-state index contributed by atoms with van der Waals surface area (Å²) >= 11 is 0. The molecule has 0 aliphatic rings. The molecule has 0 radical (unpaired) electrons. The molecular formula is C14H13NO3. The van der Waals surface area contributed by atoms with Crippen LogP contribution in [0.3, 0.4) is 0 Å². The van der Waals surface area contributed by atoms with Crippen LogP contribution in [0.15, 0.2) is 48.5 Å². The fourth-order valence-electron chi connectivity index (χ4n) is 1.68. The van der Waals surface area contributed by atoms with Gasteiger partial charge in [0.25, 0.3) is 0 Å². The van der Waals surface area contributed by atoms with Crippen LogP contribution in [-0.2, 0) is 4.79 Å². The van der Waals surface area contributed by atoms with Crippen LogP contribution < -0.4 is 5.73 Å². The highest BCUT2D eigenvalue weighted by Crippen LogP contribution is 2.23. The average molecular weight is 243 g/mol. The molecule has 92 valence electrons. The number of nitrogens with two attached hydrogens (primary N) is 1. The average Bonchev–Trinajstić information content (AvgIpc) is 2.39. The summed E-state index contributed by atoms with van der Waals surface area (Å²) in [7, 11) is 0. The minimum absolute atomic E-state index is 0.363. The quantitative estimate of drug-likeness (QED) is 0.720. The van der Waals surface area contributed by atoms with Crippen molar-refractivity contribution in [1.82, 2.24) is 0 Å². The van der Waals surface area contributed by atoms with Crippen molar-refractivity contribution in [2.75, 3.05) is 5.73 Å². The first-order valence-electron chi connectivity index (χ1n) is 5.44. The molecule has 2 aromatic rings. The van der Waals surface area contributed by atoms with Gasteiger partial charge in [-0.1, -0.05) is 36.4 Å². The van der Waals surface area contributed by atoms with Crippen molar-refractivity contribution in [2.45, 2.75) is 6.10 Å². The number of nitrogen functional groups attached to an aromatic ring is 1. The molecule has 4 nitrogen and oxygen atoms in total. The van der Waals surface area contributed by atoms with Gasteiger partial charge < -0.3 is 15.9 Å². The van der Waals surface area contributed by atoms with Crippen molar-refractivity contribution >= 4 is 11.7 Å². The fourth-order valence-corrected chi connectivity index (χ4v) is 1.68. The Morgan fingerprint density at radius 1 is 0.944 bits per heavy atom. The SMILES string of the molecule is Nc1ccc(-c2ccc(C(O)C(=O)O)cc2)cc1. The Hall–Kier alpha value is -2.33. The maximum Gasteiger partial charge on any atom is 0.337 e. The lowest BCUT2D eigenvalue weighted by Gasteiger charge is -2.07. The Labute approximate surface area is 104 Å². The summed E-state index contributed by atoms with van der Waals surface area (Å²) in [6.07, 6.45) is -1.48. The second kappa shape index (κ2) is 4.89. The monoisotopic (exact) mass is 243 g/mol. The number of rotatable bonds is 3. The van der Waals surface area contributed by atoms with Gasteiger partial charge in [0.2, 0.25) is 0 Å². The highest BCUT2D eigenvalue weighted by atomic mass is 16.4. The smallest absolute Gasteiger partial charge is 0.337 e. The molecule has 0 aliphatic carbocycles. The van der Waals surface area contributed by atoms with Crippen molar-refractivity contribution < 1.29 is 15.0 Å². The molecule has 0 spiro atoms. The van der Waals surface area contributed by atoms with Gasteiger partial charge in [-0.05, 0) is 28.8 Å². The van der Waals surface area contributed by atoms with E-state index in [0.29, 0.717) is 11.3 Å². The van der Waals surface area contributed by atoms with Crippen LogP contribution in [0.5, 0.6) is 0 Å². The Bertz CT molecular complexity index is 546. The molecule has 0 bridgehead atoms. The Morgan fingerprint density at radius 2 is 1.39 bits per heavy atom. The molecule has 0 saturated heterocycles. The molecule has 2 rings (SSSR count). The van der Waals surface area contributed by atoms with E-state index in [4.69, 9.17) is 10.8 Å². The highest BCUT2D eigenvalue weighted by Gasteiger charge is 2.15. The molecule has 0 aliphatic heterocycles. The normalized spacial score (nSPS) is 12.1. The molecule has 0 amide bonds. The van der Waals surface area contributed by atoms with Crippen LogP contribution >= 0.6 is 0 Å². The first-order chi connectivity index (χ1) is 8.58. The number of carboxylic acids is 1. The highest BCUT2D eigenvalue weighted by molar-refractivity contribution is 5.74. The molecule has 4 N–H and O–H groups in total. The zero-order chi connectivity index (χ0) is 13.1. The summed E-state index contributed by atoms with van der Waals surface area (Å²) in [5, 5.41) is 18.1. The molecule has 0 heterocycles. The maximum atomic E-state index is 10.6. The van der Waals surface area contributed by atoms with Gasteiger partial charge in [0.15, 0.2) is 6.10 Å². The molecular weight excluding hydrogens is 230 g/mol. The number of aliphatic carboxylic acids is 1. The number of hydrogen-bond acceptors (Lipinski definition) is 3. The third-order valence-electron chi connectivity index (χ3n) is 2.70. The molecule has 18 heavy (non-hydrogen) atoms. The van der Waals surface area contributed by atoms with Gasteiger partial charge in [-0.2, -0.15) is 0 Å². The summed E-state index contributed by atoms with van der Waals surface area (Å²) in [4.78, 5) is 10.6. The molecule has 0 saturated carbocycles. The van der Waals surface area contributed by atoms with Gasteiger partial charge in [0.05, 0.1) is 0 Å². The van der Waals surface area contributed by atoms with E-state index >= 15 is 0 Å². The van der Waals surface area contributed by atoms with E-state index in [2.05, 4.69) is 0 Å². The van der Waals surface area contributed by atoms with Gasteiger partial charge in [-0.3, -0.25) is 0 Å². The molecule has 4 heteroatoms. The number of anilines is 1. The van der Waals surface area contributed by atoms with Crippen molar-refractivity contribution in [3.8, 4) is 11.1 Å². The number of benzene rings is 2. The van der Waals surface area contributed by atoms with Crippen LogP contribution in [-0.4, -0.2) is 16.2 Å². The maximum absolute atomic E-state index is 10.6. The van der Waals surface area contributed by atoms with E-state index in [9.17, 15) is 9.90 Å². The van der Waals surface area contributed by atoms with Crippen LogP contribution in [0.2, 0.25) is 0 Å². The summed E-state index contributed by atoms with van der Waals surface area (Å²) < 4.78 is 0. The van der Waals surface area contributed by atoms with Gasteiger partial charge in [-0.15, -0.1) is 0 Å². The van der Waals surface area contributed by atoms with Crippen LogP contribution in [0.4, 0.5) is 5.69 Å². The van der Waals surface area contributed by atoms with E-state index in [1.807, 2.05) is 12.1 Å². The van der Waals surface area contributed by atoms with Gasteiger partial charge in [0.1, 0.15) is 0 Å². The third kappa shape index (κ3) is 2.49. The van der Waals surface area contributed by atoms with E-state index < -0.39 is 12.1 Å². The van der Waals surface area contributed by atoms with Crippen molar-refractivity contribution in [2.24, 2.45) is 0 Å². The van der Waals surface area contributed by atoms with E-state index in [-0.39, 0.29) is 0 Å². The lowest BCUT2D eigenvalue weighted by molar-refractivity contribution is -0.146. The van der Waals surface area contributed by atoms with Gasteiger partial charge in [-0.25, -0.2) is 4.79 Å². The van der Waals surface area contributed by atoms with Crippen molar-refractivity contribution in [3.63, 3.8) is 0 Å². The number of hydrogen-bond donors (Lipinski definition) is 3. The Kier molecular flexibility index (Phi) is 3.30. The van der Waals surface area contributed by atoms with Crippen molar-refractivity contribution in [1.29, 1.82) is 0 Å². The lowest BCUT2D eigenvalue weighted by Crippen LogP contribution is -2.10. The predicted molar refractivity (Wildman–Crippen MR) is 68.9 cm³/mol. The topological polar surface area (TPSA) is 83.5 Å². The zero-order valence-electron chi connectivity index (χ0n) is 9.58. The predicted octanol–water partition coefficient (Wildman–Crippen LogP) is 2.05. The lowest BCUT2D eigenvalue weighted by atomic mass is 10.0. The van der Waals surface area contributed by atoms with E-state index in [1.54, 1.807) is 36.4 Å². The summed E-state index contributed by atoms with van der Waals surface area (Å²) in [6, 6.07) is 14.1. The van der Waals surface area contributed by atoms with E-state index in [0.717, 1.165) is 11.1 Å². The first-order valence-corrected chi connectivity index (χ1v) is 5.44. The van der Waals surface area contributed by atoms with E-state index in [1.165, 1.54) is 0 Å². The number of carbonyl (C=O) groups is 1. The number of carboxylic acid groups (broad SMARTS) is 1. The standard InChI is InChI=1S/C14H13NO3/c15-12-7-5-10(6-8-12)9-1-3-11(4-2-9)13(16)14(17)18/h1-8,13,16H,15H2,(H,17,18). The first kappa shape index (κ1) is 12.1. The van der Waals surface area contributed by atoms with Crippen LogP contribution in [0.1, 0.15) is 11.7 Å². The molecule has 2 aromatic carbocycles. The summed E-state index contributed by atoms with van der Waals surface area (Å²) in [6.45, 7) is 0. The summed E-state index contributed by atoms with van der Waals surface area (Å²) in [5.41, 5.74) is 8.59. The minimum atomic E-state index is -1.48. The van der Waals surface area contributed by atoms with Gasteiger partial charge in [0, 0.05) is 5.69 Å². The molecule has 1 unspecified atom stereocenters.